The third-order valence-electron chi connectivity index (χ3n) is 5.65. The van der Waals surface area contributed by atoms with E-state index in [0.717, 1.165) is 57.8 Å². The molecule has 6 heteroatoms. The molecule has 2 N–H and O–H groups in total. The van der Waals surface area contributed by atoms with Crippen molar-refractivity contribution >= 4 is 17.8 Å². The highest BCUT2D eigenvalue weighted by Gasteiger charge is 2.11. The Morgan fingerprint density at radius 1 is 0.788 bits per heavy atom. The molecular weight excluding hydrogens is 418 g/mol. The van der Waals surface area contributed by atoms with Crippen LogP contribution in [0.5, 0.6) is 0 Å². The lowest BCUT2D eigenvalue weighted by atomic mass is 10.1. The van der Waals surface area contributed by atoms with Gasteiger partial charge in [0.15, 0.2) is 0 Å². The fraction of sp³-hybridized carbons (Fsp3) is 0.815. The van der Waals surface area contributed by atoms with Crippen LogP contribution in [0.1, 0.15) is 129 Å². The number of carbonyl (C=O) groups excluding carboxylic acids is 2. The maximum atomic E-state index is 12.3. The predicted octanol–water partition coefficient (Wildman–Crippen LogP) is 6.72. The summed E-state index contributed by atoms with van der Waals surface area (Å²) in [4.78, 5) is 34.2. The number of carboxylic acid groups (broad SMARTS) is 1. The van der Waals surface area contributed by atoms with Crippen molar-refractivity contribution in [3.63, 3.8) is 0 Å². The zero-order chi connectivity index (χ0) is 24.6. The van der Waals surface area contributed by atoms with E-state index >= 15 is 0 Å². The standard InChI is InChI=1S/C27H49NO5/c1-3-5-7-8-9-10-11-12-18-22-27(32)33-24(19-15-6-4-2)20-16-13-14-17-21-25(29)28-23-26(30)31/h15,19,24H,3-14,16-18,20-23H2,1-2H3,(H,28,29)(H,30,31)/b19-15-. The van der Waals surface area contributed by atoms with Crippen LogP contribution in [0.3, 0.4) is 0 Å². The highest BCUT2D eigenvalue weighted by atomic mass is 16.5. The summed E-state index contributed by atoms with van der Waals surface area (Å²) in [5.41, 5.74) is 0. The molecule has 1 unspecified atom stereocenters. The van der Waals surface area contributed by atoms with Crippen molar-refractivity contribution in [1.29, 1.82) is 0 Å². The van der Waals surface area contributed by atoms with Gasteiger partial charge in [-0.15, -0.1) is 0 Å². The number of carbonyl (C=O) groups is 3. The molecule has 0 aromatic heterocycles. The van der Waals surface area contributed by atoms with Crippen molar-refractivity contribution < 1.29 is 24.2 Å². The molecule has 1 atom stereocenters. The van der Waals surface area contributed by atoms with Crippen LogP contribution in [-0.4, -0.2) is 35.6 Å². The molecule has 0 radical (unpaired) electrons. The Kier molecular flexibility index (Phi) is 22.0. The number of aliphatic carboxylic acids is 1. The number of esters is 1. The monoisotopic (exact) mass is 467 g/mol. The van der Waals surface area contributed by atoms with Crippen molar-refractivity contribution in [2.24, 2.45) is 0 Å². The van der Waals surface area contributed by atoms with E-state index in [9.17, 15) is 14.4 Å². The zero-order valence-corrected chi connectivity index (χ0v) is 21.2. The van der Waals surface area contributed by atoms with Crippen LogP contribution in [0.15, 0.2) is 12.2 Å². The third-order valence-corrected chi connectivity index (χ3v) is 5.65. The molecule has 0 aromatic rings. The summed E-state index contributed by atoms with van der Waals surface area (Å²) in [7, 11) is 0. The molecule has 0 spiro atoms. The van der Waals surface area contributed by atoms with Crippen LogP contribution in [0.4, 0.5) is 0 Å². The summed E-state index contributed by atoms with van der Waals surface area (Å²) in [6.45, 7) is 4.04. The highest BCUT2D eigenvalue weighted by Crippen LogP contribution is 2.14. The van der Waals surface area contributed by atoms with Gasteiger partial charge in [-0.05, 0) is 38.2 Å². The molecule has 6 nitrogen and oxygen atoms in total. The number of unbranched alkanes of at least 4 members (excludes halogenated alkanes) is 12. The van der Waals surface area contributed by atoms with Gasteiger partial charge in [0.2, 0.25) is 5.91 Å². The summed E-state index contributed by atoms with van der Waals surface area (Å²) in [5.74, 6) is -1.35. The minimum absolute atomic E-state index is 0.0980. The molecular formula is C27H49NO5. The summed E-state index contributed by atoms with van der Waals surface area (Å²) >= 11 is 0. The van der Waals surface area contributed by atoms with Gasteiger partial charge in [-0.1, -0.05) is 90.6 Å². The lowest BCUT2D eigenvalue weighted by molar-refractivity contribution is -0.147. The predicted molar refractivity (Wildman–Crippen MR) is 134 cm³/mol. The molecule has 33 heavy (non-hydrogen) atoms. The van der Waals surface area contributed by atoms with Crippen molar-refractivity contribution in [3.8, 4) is 0 Å². The van der Waals surface area contributed by atoms with Gasteiger partial charge >= 0.3 is 11.9 Å². The van der Waals surface area contributed by atoms with E-state index in [1.165, 1.54) is 44.9 Å². The van der Waals surface area contributed by atoms with Gasteiger partial charge in [0.1, 0.15) is 12.6 Å². The summed E-state index contributed by atoms with van der Waals surface area (Å²) in [6, 6.07) is 0. The number of rotatable bonds is 23. The first-order valence-corrected chi connectivity index (χ1v) is 13.3. The first kappa shape index (κ1) is 31.1. The van der Waals surface area contributed by atoms with Crippen LogP contribution in [0, 0.1) is 0 Å². The Morgan fingerprint density at radius 3 is 1.97 bits per heavy atom. The second-order valence-corrected chi connectivity index (χ2v) is 8.95. The van der Waals surface area contributed by atoms with Crippen molar-refractivity contribution in [2.45, 2.75) is 136 Å². The van der Waals surface area contributed by atoms with Gasteiger partial charge in [-0.2, -0.15) is 0 Å². The van der Waals surface area contributed by atoms with Gasteiger partial charge in [0, 0.05) is 12.8 Å². The van der Waals surface area contributed by atoms with Crippen molar-refractivity contribution in [1.82, 2.24) is 5.32 Å². The number of hydrogen-bond acceptors (Lipinski definition) is 4. The van der Waals surface area contributed by atoms with Gasteiger partial charge in [0.25, 0.3) is 0 Å². The van der Waals surface area contributed by atoms with Gasteiger partial charge in [-0.3, -0.25) is 14.4 Å². The number of nitrogens with one attached hydrogen (secondary N) is 1. The number of ether oxygens (including phenoxy) is 1. The number of carboxylic acids is 1. The molecule has 0 aliphatic carbocycles. The summed E-state index contributed by atoms with van der Waals surface area (Å²) < 4.78 is 5.72. The van der Waals surface area contributed by atoms with E-state index in [1.54, 1.807) is 0 Å². The Morgan fingerprint density at radius 2 is 1.36 bits per heavy atom. The smallest absolute Gasteiger partial charge is 0.322 e. The SMILES string of the molecule is CCC/C=C\C(CCCCCCC(=O)NCC(=O)O)OC(=O)CCCCCCCCCCC. The second kappa shape index (κ2) is 23.3. The topological polar surface area (TPSA) is 92.7 Å². The van der Waals surface area contributed by atoms with Crippen LogP contribution >= 0.6 is 0 Å². The first-order chi connectivity index (χ1) is 16.0. The van der Waals surface area contributed by atoms with Crippen LogP contribution < -0.4 is 5.32 Å². The molecule has 0 saturated heterocycles. The number of hydrogen-bond donors (Lipinski definition) is 2. The van der Waals surface area contributed by atoms with Crippen molar-refractivity contribution in [2.75, 3.05) is 6.54 Å². The van der Waals surface area contributed by atoms with E-state index in [2.05, 4.69) is 25.2 Å². The van der Waals surface area contributed by atoms with Gasteiger partial charge in [0.05, 0.1) is 0 Å². The van der Waals surface area contributed by atoms with E-state index < -0.39 is 5.97 Å². The quantitative estimate of drug-likeness (QED) is 0.0988. The fourth-order valence-corrected chi connectivity index (χ4v) is 3.66. The molecule has 0 aliphatic heterocycles. The molecule has 0 bridgehead atoms. The Labute approximate surface area is 201 Å². The van der Waals surface area contributed by atoms with Crippen LogP contribution in [0.2, 0.25) is 0 Å². The Hall–Kier alpha value is -1.85. The minimum Gasteiger partial charge on any atom is -0.480 e. The highest BCUT2D eigenvalue weighted by molar-refractivity contribution is 5.80. The normalized spacial score (nSPS) is 12.1. The minimum atomic E-state index is -1.03. The van der Waals surface area contributed by atoms with Crippen molar-refractivity contribution in [3.05, 3.63) is 12.2 Å². The average molecular weight is 468 g/mol. The van der Waals surface area contributed by atoms with Gasteiger partial charge in [-0.25, -0.2) is 0 Å². The van der Waals surface area contributed by atoms with Gasteiger partial charge < -0.3 is 15.2 Å². The van der Waals surface area contributed by atoms with E-state index in [1.807, 2.05) is 6.08 Å². The summed E-state index contributed by atoms with van der Waals surface area (Å²) in [5, 5.41) is 10.9. The number of amides is 1. The third kappa shape index (κ3) is 23.1. The van der Waals surface area contributed by atoms with Crippen LogP contribution in [0.25, 0.3) is 0 Å². The Bertz CT molecular complexity index is 533. The molecule has 0 aromatic carbocycles. The first-order valence-electron chi connectivity index (χ1n) is 13.3. The largest absolute Gasteiger partial charge is 0.480 e. The molecule has 0 heterocycles. The molecule has 1 amide bonds. The molecule has 0 saturated carbocycles. The van der Waals surface area contributed by atoms with E-state index in [4.69, 9.17) is 9.84 Å². The average Bonchev–Trinajstić information content (AvgIpc) is 2.78. The maximum Gasteiger partial charge on any atom is 0.322 e. The fourth-order valence-electron chi connectivity index (χ4n) is 3.66. The lowest BCUT2D eigenvalue weighted by Gasteiger charge is -2.15. The molecule has 0 rings (SSSR count). The second-order valence-electron chi connectivity index (χ2n) is 8.95. The molecule has 0 fully saturated rings. The van der Waals surface area contributed by atoms with E-state index in [0.29, 0.717) is 12.8 Å². The number of allylic oxidation sites excluding steroid dienone is 1. The molecule has 0 aliphatic rings. The van der Waals surface area contributed by atoms with Crippen LogP contribution in [-0.2, 0) is 19.1 Å². The lowest BCUT2D eigenvalue weighted by Crippen LogP contribution is -2.28. The van der Waals surface area contributed by atoms with E-state index in [-0.39, 0.29) is 24.5 Å². The summed E-state index contributed by atoms with van der Waals surface area (Å²) in [6.07, 6.45) is 22.3. The molecule has 192 valence electrons. The maximum absolute atomic E-state index is 12.3. The zero-order valence-electron chi connectivity index (χ0n) is 21.2. The Balaban J connectivity index is 3.97.